The van der Waals surface area contributed by atoms with Gasteiger partial charge in [-0.3, -0.25) is 0 Å². The van der Waals surface area contributed by atoms with Crippen LogP contribution in [0, 0.1) is 6.72 Å². The fraction of sp³-hybridized carbons (Fsp3) is 0. The van der Waals surface area contributed by atoms with E-state index in [1.807, 2.05) is 58.8 Å². The molecule has 0 atom stereocenters. The molecule has 0 aliphatic carbocycles. The molecule has 0 radical (unpaired) electrons. The Kier molecular flexibility index (Phi) is 2.73. The number of pyridine rings is 1. The van der Waals surface area contributed by atoms with E-state index in [0.29, 0.717) is 0 Å². The van der Waals surface area contributed by atoms with Crippen molar-refractivity contribution < 1.29 is 9.35 Å². The smallest absolute Gasteiger partial charge is 0.217 e. The molecule has 0 spiro atoms. The molecule has 2 N–H and O–H groups in total. The highest BCUT2D eigenvalue weighted by atomic mass is 16.3. The van der Waals surface area contributed by atoms with E-state index in [-0.39, 0.29) is 5.88 Å². The number of aromatic hydroxyl groups is 1. The summed E-state index contributed by atoms with van der Waals surface area (Å²) >= 11 is 0. The lowest BCUT2D eigenvalue weighted by atomic mass is 10.1. The van der Waals surface area contributed by atoms with Crippen LogP contribution in [0.15, 0.2) is 60.7 Å². The minimum Gasteiger partial charge on any atom is -0.494 e. The molecule has 0 bridgehead atoms. The van der Waals surface area contributed by atoms with Crippen molar-refractivity contribution in [2.24, 2.45) is 0 Å². The van der Waals surface area contributed by atoms with Crippen LogP contribution >= 0.6 is 0 Å². The van der Waals surface area contributed by atoms with Crippen molar-refractivity contribution in [3.8, 4) is 5.88 Å². The first-order valence-electron chi connectivity index (χ1n) is 7.13. The van der Waals surface area contributed by atoms with E-state index < -0.39 is 0 Å². The fourth-order valence-corrected chi connectivity index (χ4v) is 2.85. The van der Waals surface area contributed by atoms with Crippen LogP contribution < -0.4 is 9.59 Å². The van der Waals surface area contributed by atoms with Crippen LogP contribution in [0.1, 0.15) is 5.69 Å². The molecule has 0 amide bonds. The molecule has 2 aromatic heterocycles. The molecule has 106 valence electrons. The van der Waals surface area contributed by atoms with Crippen molar-refractivity contribution in [2.45, 2.75) is 0 Å². The maximum Gasteiger partial charge on any atom is 0.217 e. The van der Waals surface area contributed by atoms with Crippen molar-refractivity contribution >= 4 is 27.8 Å². The number of aromatic nitrogens is 2. The van der Waals surface area contributed by atoms with Gasteiger partial charge in [-0.1, -0.05) is 30.3 Å². The van der Waals surface area contributed by atoms with Crippen LogP contribution in [0.4, 0.5) is 0 Å². The predicted octanol–water partition coefficient (Wildman–Crippen LogP) is 2.78. The van der Waals surface area contributed by atoms with Crippen molar-refractivity contribution in [1.82, 2.24) is 4.98 Å². The first-order chi connectivity index (χ1) is 10.7. The van der Waals surface area contributed by atoms with Gasteiger partial charge in [-0.05, 0) is 18.2 Å². The van der Waals surface area contributed by atoms with Crippen LogP contribution in [0.3, 0.4) is 0 Å². The average Bonchev–Trinajstić information content (AvgIpc) is 2.87. The number of rotatable bonds is 1. The number of hydrogen-bond acceptors (Lipinski definition) is 1. The molecule has 4 rings (SSSR count). The van der Waals surface area contributed by atoms with Gasteiger partial charge in [-0.25, -0.2) is 0 Å². The lowest BCUT2D eigenvalue weighted by Gasteiger charge is -1.93. The fourth-order valence-electron chi connectivity index (χ4n) is 2.85. The second-order valence-corrected chi connectivity index (χ2v) is 5.32. The molecule has 0 saturated carbocycles. The zero-order valence-corrected chi connectivity index (χ0v) is 12.0. The zero-order chi connectivity index (χ0) is 15.1. The normalized spacial score (nSPS) is 12.3. The Hall–Kier alpha value is -3.07. The van der Waals surface area contributed by atoms with E-state index in [2.05, 4.69) is 23.8 Å². The second kappa shape index (κ2) is 4.74. The van der Waals surface area contributed by atoms with Crippen LogP contribution in [-0.4, -0.2) is 10.1 Å². The van der Waals surface area contributed by atoms with Gasteiger partial charge in [-0.15, -0.1) is 0 Å². The standard InChI is InChI=1S/C19H14N2O/c1-21-14(11-10-13-6-2-5-9-18(13)21)12-17-15-7-3-4-8-16(15)19(22)20-17/h2-12,20H,1H2/p+1. The quantitative estimate of drug-likeness (QED) is 0.519. The Bertz CT molecular complexity index is 1110. The Labute approximate surface area is 127 Å². The van der Waals surface area contributed by atoms with Crippen LogP contribution in [0.25, 0.3) is 27.8 Å². The number of nitrogens with zero attached hydrogens (tertiary/aromatic N) is 1. The van der Waals surface area contributed by atoms with Gasteiger partial charge in [0.05, 0.1) is 5.69 Å². The summed E-state index contributed by atoms with van der Waals surface area (Å²) in [6.07, 6.45) is 2.00. The van der Waals surface area contributed by atoms with Crippen LogP contribution in [0.2, 0.25) is 0 Å². The third-order valence-corrected chi connectivity index (χ3v) is 3.99. The zero-order valence-electron chi connectivity index (χ0n) is 12.0. The minimum absolute atomic E-state index is 0.193. The maximum atomic E-state index is 10.0. The molecule has 2 aromatic carbocycles. The summed E-state index contributed by atoms with van der Waals surface area (Å²) in [5.74, 6) is 0.193. The number of H-pyrrole nitrogens is 1. The van der Waals surface area contributed by atoms with Crippen molar-refractivity contribution in [1.29, 1.82) is 0 Å². The lowest BCUT2D eigenvalue weighted by molar-refractivity contribution is -0.483. The molecule has 0 aliphatic rings. The number of hydrogen-bond donors (Lipinski definition) is 2. The van der Waals surface area contributed by atoms with Gasteiger partial charge in [0, 0.05) is 34.4 Å². The molecule has 0 unspecified atom stereocenters. The Morgan fingerprint density at radius 1 is 0.909 bits per heavy atom. The number of fused-ring (bicyclic) bond motifs is 2. The molecule has 0 saturated heterocycles. The minimum atomic E-state index is 0.193. The Balaban J connectivity index is 2.03. The SMILES string of the molecule is C=[n+]1c(=Cc2[nH]c(O)c3ccccc23)ccc2ccccc21. The van der Waals surface area contributed by atoms with Gasteiger partial charge >= 0.3 is 0 Å². The van der Waals surface area contributed by atoms with Gasteiger partial charge < -0.3 is 10.1 Å². The largest absolute Gasteiger partial charge is 0.494 e. The summed E-state index contributed by atoms with van der Waals surface area (Å²) in [7, 11) is 0. The first kappa shape index (κ1) is 12.7. The Morgan fingerprint density at radius 2 is 1.64 bits per heavy atom. The number of aromatic amines is 1. The number of nitrogens with one attached hydrogen (secondary N) is 1. The van der Waals surface area contributed by atoms with Crippen molar-refractivity contribution in [2.75, 3.05) is 0 Å². The molecule has 0 fully saturated rings. The summed E-state index contributed by atoms with van der Waals surface area (Å²) in [5.41, 5.74) is 1.94. The second-order valence-electron chi connectivity index (χ2n) is 5.32. The van der Waals surface area contributed by atoms with Crippen LogP contribution in [0.5, 0.6) is 5.88 Å². The number of para-hydroxylation sites is 1. The summed E-state index contributed by atoms with van der Waals surface area (Å²) in [6.45, 7) is 4.14. The first-order valence-corrected chi connectivity index (χ1v) is 7.13. The lowest BCUT2D eigenvalue weighted by Crippen LogP contribution is -2.35. The predicted molar refractivity (Wildman–Crippen MR) is 88.1 cm³/mol. The van der Waals surface area contributed by atoms with E-state index in [0.717, 1.165) is 32.7 Å². The molecular formula is C19H15N2O+. The van der Waals surface area contributed by atoms with Crippen LogP contribution in [-0.2, 0) is 0 Å². The van der Waals surface area contributed by atoms with Gasteiger partial charge in [0.1, 0.15) is 6.72 Å². The van der Waals surface area contributed by atoms with Gasteiger partial charge in [0.2, 0.25) is 10.9 Å². The highest BCUT2D eigenvalue weighted by Gasteiger charge is 2.08. The van der Waals surface area contributed by atoms with Gasteiger partial charge in [-0.2, -0.15) is 4.24 Å². The third-order valence-electron chi connectivity index (χ3n) is 3.99. The summed E-state index contributed by atoms with van der Waals surface area (Å²) in [6, 6.07) is 20.0. The third kappa shape index (κ3) is 1.87. The van der Waals surface area contributed by atoms with Crippen molar-refractivity contribution in [3.63, 3.8) is 0 Å². The van der Waals surface area contributed by atoms with Crippen molar-refractivity contribution in [3.05, 3.63) is 78.4 Å². The monoisotopic (exact) mass is 287 g/mol. The molecule has 3 heteroatoms. The van der Waals surface area contributed by atoms with E-state index in [1.54, 1.807) is 0 Å². The van der Waals surface area contributed by atoms with E-state index >= 15 is 0 Å². The maximum absolute atomic E-state index is 10.0. The molecule has 4 aromatic rings. The average molecular weight is 287 g/mol. The summed E-state index contributed by atoms with van der Waals surface area (Å²) < 4.78 is 1.90. The number of benzene rings is 2. The van der Waals surface area contributed by atoms with E-state index in [4.69, 9.17) is 0 Å². The summed E-state index contributed by atoms with van der Waals surface area (Å²) in [4.78, 5) is 3.04. The Morgan fingerprint density at radius 3 is 2.50 bits per heavy atom. The van der Waals surface area contributed by atoms with E-state index in [9.17, 15) is 5.11 Å². The van der Waals surface area contributed by atoms with Gasteiger partial charge in [0.25, 0.3) is 0 Å². The van der Waals surface area contributed by atoms with E-state index in [1.165, 1.54) is 0 Å². The summed E-state index contributed by atoms with van der Waals surface area (Å²) in [5, 5.41) is 13.9. The molecule has 22 heavy (non-hydrogen) atoms. The molecule has 0 aliphatic heterocycles. The van der Waals surface area contributed by atoms with Gasteiger partial charge in [0.15, 0.2) is 5.88 Å². The highest BCUT2D eigenvalue weighted by molar-refractivity contribution is 5.94. The molecule has 3 nitrogen and oxygen atoms in total. The topological polar surface area (TPSA) is 41.9 Å². The molecule has 2 heterocycles. The molecular weight excluding hydrogens is 272 g/mol. The highest BCUT2D eigenvalue weighted by Crippen LogP contribution is 2.27.